The van der Waals surface area contributed by atoms with Gasteiger partial charge in [-0.05, 0) is 80.6 Å². The molecule has 10 aliphatic heterocycles. The maximum atomic E-state index is 14.0. The number of thiophene rings is 2. The zero-order valence-corrected chi connectivity index (χ0v) is 70.5. The summed E-state index contributed by atoms with van der Waals surface area (Å²) in [5, 5.41) is 11.1. The molecule has 0 N–H and O–H groups in total. The third kappa shape index (κ3) is 23.1. The van der Waals surface area contributed by atoms with Crippen molar-refractivity contribution in [3.8, 4) is 11.5 Å². The van der Waals surface area contributed by atoms with Gasteiger partial charge in [0.1, 0.15) is 43.2 Å². The number of benzene rings is 6. The molecule has 0 radical (unpaired) electrons. The number of esters is 1. The van der Waals surface area contributed by atoms with Gasteiger partial charge in [0.05, 0.1) is 75.5 Å². The summed E-state index contributed by atoms with van der Waals surface area (Å²) in [5.41, 5.74) is 2.50. The largest absolute Gasteiger partial charge is 1.04 e. The van der Waals surface area contributed by atoms with Crippen LogP contribution in [0.25, 0.3) is 17.3 Å². The number of allylic oxidation sites excluding steroid dienone is 8. The first kappa shape index (κ1) is 99.5. The van der Waals surface area contributed by atoms with Crippen molar-refractivity contribution in [1.29, 1.82) is 0 Å². The minimum absolute atomic E-state index is 0.109. The molecule has 0 bridgehead atoms. The molecule has 59 heteroatoms. The molecule has 18 rings (SSSR count). The van der Waals surface area contributed by atoms with E-state index in [-0.39, 0.29) is 95.2 Å². The Morgan fingerprint density at radius 3 is 1.22 bits per heavy atom. The second kappa shape index (κ2) is 38.0. The number of alkyl halides is 15. The number of carbonyl (C=O) groups excluding carboxylic acids is 14. The number of nitro benzene ring substituents is 1. The van der Waals surface area contributed by atoms with Crippen molar-refractivity contribution < 1.29 is 222 Å². The second-order valence-electron chi connectivity index (χ2n) is 28.1. The van der Waals surface area contributed by atoms with Gasteiger partial charge in [-0.2, -0.15) is 65.9 Å². The second-order valence-corrected chi connectivity index (χ2v) is 30.2. The minimum Gasteiger partial charge on any atom is -0.568 e. The third-order valence-corrected chi connectivity index (χ3v) is 20.6. The number of rotatable bonds is 10. The number of ketones is 7. The molecule has 138 heavy (non-hydrogen) atoms. The van der Waals surface area contributed by atoms with Crippen LogP contribution in [0.5, 0.6) is 11.5 Å². The minimum atomic E-state index is -5.35. The van der Waals surface area contributed by atoms with Crippen molar-refractivity contribution in [3.05, 3.63) is 304 Å². The molecule has 0 amide bonds. The predicted octanol–water partition coefficient (Wildman–Crippen LogP) is 15.3. The molecule has 4 spiro atoms. The van der Waals surface area contributed by atoms with Gasteiger partial charge in [0.25, 0.3) is 23.0 Å². The summed E-state index contributed by atoms with van der Waals surface area (Å²) in [6.07, 6.45) is -22.2. The van der Waals surface area contributed by atoms with Crippen molar-refractivity contribution in [2.45, 2.75) is 51.7 Å². The highest BCUT2D eigenvalue weighted by atomic mass is 32.1. The van der Waals surface area contributed by atoms with Crippen LogP contribution in [0.15, 0.2) is 247 Å². The fourth-order valence-electron chi connectivity index (χ4n) is 12.7. The van der Waals surface area contributed by atoms with Crippen LogP contribution in [0.2, 0.25) is 0 Å². The maximum Gasteiger partial charge on any atom is 1.04 e. The number of carbonyl (C=O) groups is 8. The van der Waals surface area contributed by atoms with Gasteiger partial charge >= 0.3 is 132 Å². The number of methoxy groups -OCH3 is 1. The highest BCUT2D eigenvalue weighted by molar-refractivity contribution is 7.14. The van der Waals surface area contributed by atoms with Crippen molar-refractivity contribution in [1.82, 2.24) is 0 Å². The van der Waals surface area contributed by atoms with E-state index in [1.165, 1.54) is 58.2 Å². The molecule has 3 fully saturated rings. The molecule has 1 unspecified atom stereocenters. The normalized spacial score (nSPS) is 19.2. The van der Waals surface area contributed by atoms with Gasteiger partial charge in [-0.3, -0.25) is 14.9 Å². The first-order chi connectivity index (χ1) is 64.5. The summed E-state index contributed by atoms with van der Waals surface area (Å²) in [6, 6.07) is 50.4. The summed E-state index contributed by atoms with van der Waals surface area (Å²) in [6.45, 7) is -9.31. The van der Waals surface area contributed by atoms with Crippen LogP contribution in [0, 0.1) is 10.1 Å². The summed E-state index contributed by atoms with van der Waals surface area (Å²) < 4.78 is 345. The molecule has 1 atom stereocenters. The van der Waals surface area contributed by atoms with Crippen LogP contribution >= 0.6 is 22.7 Å². The molecule has 6 aromatic carbocycles. The number of halogens is 19. The SMILES string of the molecule is CC(=O)C1=C(C)O[B-]2(OC(=O)C(=O)O2)[O+]=C1C.COC(=O)C1=C(c2ccccc2)O[B-](F)(F)[O+]=C1c1ccccc1.F[B-]1(F)OC(c2ccc(C(F)(F)F)s2)=CC(c2ccc(C(F)(F)F)s2)=[O+]1.O=C1O[B-]2(OC1=O)OC(C(F)(F)F)=CC(C(F)(F)F)=[O+]2.O=C1O[B-]2(OC1=O)OC(C(F)(F)F)=CC(c1ccccc1)=[O+]2.O=[N+]([O-])c1ccc2c(c1)O[B-]1(OC(c3ccccc3)=CC(c3ccccc3)=[O+]1)O2. The number of ether oxygens (including phenoxy) is 1. The van der Waals surface area contributed by atoms with Crippen LogP contribution in [-0.2, 0) is 120 Å². The Hall–Kier alpha value is -16.0. The zero-order valence-electron chi connectivity index (χ0n) is 68.8. The zero-order chi connectivity index (χ0) is 100. The smallest absolute Gasteiger partial charge is 0.568 e. The first-order valence-corrected chi connectivity index (χ1v) is 40.0. The quantitative estimate of drug-likeness (QED) is 0.0179. The lowest BCUT2D eigenvalue weighted by molar-refractivity contribution is -0.392. The molecular weight excluding hydrogens is 1950 g/mol. The lowest BCUT2D eigenvalue weighted by Gasteiger charge is -2.25. The lowest BCUT2D eigenvalue weighted by atomic mass is 9.95. The number of hydrogen-bond acceptors (Lipinski definition) is 27. The highest BCUT2D eigenvalue weighted by Crippen LogP contribution is 2.47. The van der Waals surface area contributed by atoms with Crippen LogP contribution in [0.3, 0.4) is 0 Å². The monoisotopic (exact) mass is 2000 g/mol. The number of Topliss-reactive ketones (excluding diaryl/α,β-unsaturated/α-hetero) is 1. The Morgan fingerprint density at radius 2 is 0.783 bits per heavy atom. The van der Waals surface area contributed by atoms with Gasteiger partial charge in [-0.1, -0.05) is 115 Å². The highest BCUT2D eigenvalue weighted by Gasteiger charge is 2.74. The summed E-state index contributed by atoms with van der Waals surface area (Å²) >= 11 is 0.333. The number of nitro groups is 1. The Bertz CT molecular complexity index is 6610. The van der Waals surface area contributed by atoms with Crippen molar-refractivity contribution >= 4 is 170 Å². The topological polar surface area (TPSA) is 386 Å². The number of nitrogens with zero attached hydrogens (tertiary/aromatic N) is 1. The Morgan fingerprint density at radius 1 is 0.377 bits per heavy atom. The molecular formula is C79H48B6F19NO31S2. The van der Waals surface area contributed by atoms with E-state index in [1.54, 1.807) is 84.9 Å². The van der Waals surface area contributed by atoms with Gasteiger partial charge in [-0.25, -0.2) is 33.6 Å². The average molecular weight is 2000 g/mol. The van der Waals surface area contributed by atoms with E-state index in [0.29, 0.717) is 46.6 Å². The van der Waals surface area contributed by atoms with Gasteiger partial charge in [0.15, 0.2) is 22.9 Å². The van der Waals surface area contributed by atoms with Crippen molar-refractivity contribution in [3.63, 3.8) is 0 Å². The molecule has 718 valence electrons. The Kier molecular flexibility index (Phi) is 27.4. The van der Waals surface area contributed by atoms with E-state index in [0.717, 1.165) is 29.3 Å². The number of hydrogen-bond donors (Lipinski definition) is 0. The fraction of sp³-hybridized carbons (Fsp3) is 0.114. The Labute approximate surface area is 763 Å². The van der Waals surface area contributed by atoms with Crippen LogP contribution in [-0.4, -0.2) is 155 Å². The molecule has 0 aliphatic carbocycles. The van der Waals surface area contributed by atoms with Crippen molar-refractivity contribution in [2.24, 2.45) is 0 Å². The van der Waals surface area contributed by atoms with E-state index in [2.05, 4.69) is 50.6 Å². The van der Waals surface area contributed by atoms with Crippen LogP contribution in [0.4, 0.5) is 88.8 Å². The van der Waals surface area contributed by atoms with Gasteiger partial charge < -0.3 is 113 Å². The van der Waals surface area contributed by atoms with E-state index >= 15 is 0 Å². The Balaban J connectivity index is 0.000000141. The summed E-state index contributed by atoms with van der Waals surface area (Å²) in [4.78, 5) is 97.1. The molecule has 8 aromatic rings. The van der Waals surface area contributed by atoms with E-state index in [4.69, 9.17) is 45.4 Å². The van der Waals surface area contributed by atoms with E-state index < -0.39 is 164 Å². The lowest BCUT2D eigenvalue weighted by Crippen LogP contribution is -2.50. The van der Waals surface area contributed by atoms with Gasteiger partial charge in [0.2, 0.25) is 0 Å². The predicted molar refractivity (Wildman–Crippen MR) is 433 cm³/mol. The van der Waals surface area contributed by atoms with E-state index in [9.17, 15) is 132 Å². The molecule has 32 nitrogen and oxygen atoms in total. The fourth-order valence-corrected chi connectivity index (χ4v) is 14.3. The maximum absolute atomic E-state index is 14.0. The summed E-state index contributed by atoms with van der Waals surface area (Å²) in [7, 11) is -8.40. The standard InChI is InChI=1S/C21H14BNO6.C17H13BF2O4.C13H5BF8O2S2.C12H6BF3O6.C9H9BO7.C7HBF6O6/c24-23(25)17-11-12-18-21(13-17)29-22(26-18)27-19(15-7-3-1-4-8-15)14-20(28-22)16-9-5-2-6-10-16;1-22-17(21)14-15(12-8-4-2-5-9-12)23-18(19,20)24-16(14)13-10-6-3-7-11-13;15-12(16,17)10-3-1-8(25-10)6-5-7(24-14(21,22)23-6)9-2-4-11(26-9)13(18,19)20;14-12(15,16)9-6-8(7-4-2-1-3-5-7)19-13(20-9)21-10(17)11(18)22-13;1-4(11)7-5(2)14-10(15-6(7)3)16-8(12)9(13)17-10;9-6(10,11)2-1-3(7(12,13)14)18-8(17-2)19-4(15)5(16)20-8/h1-14H;2-11H,1H3;1-5H;1-6H;1-3H3;1H. The molecule has 12 heterocycles. The van der Waals surface area contributed by atoms with Crippen LogP contribution in [0.1, 0.15) is 85.5 Å². The van der Waals surface area contributed by atoms with Gasteiger partial charge in [-0.15, -0.1) is 22.7 Å². The van der Waals surface area contributed by atoms with Gasteiger partial charge in [0, 0.05) is 24.1 Å². The molecule has 3 saturated heterocycles. The number of fused-ring (bicyclic) bond motifs is 1. The molecule has 10 aliphatic rings. The first-order valence-electron chi connectivity index (χ1n) is 38.3. The summed E-state index contributed by atoms with van der Waals surface area (Å²) in [5.74, 6) is -16.1. The van der Waals surface area contributed by atoms with Crippen molar-refractivity contribution in [2.75, 3.05) is 7.11 Å². The van der Waals surface area contributed by atoms with Crippen LogP contribution < -0.4 is 9.31 Å². The molecule has 2 aromatic heterocycles. The molecule has 0 saturated carbocycles. The third-order valence-electron chi connectivity index (χ3n) is 18.3. The number of non-ortho nitro benzene ring substituents is 1. The van der Waals surface area contributed by atoms with E-state index in [1.807, 2.05) is 60.7 Å². The average Bonchev–Trinajstić information content (AvgIpc) is 1.61.